The summed E-state index contributed by atoms with van der Waals surface area (Å²) >= 11 is 1.34. The van der Waals surface area contributed by atoms with Crippen LogP contribution in [0.2, 0.25) is 0 Å². The molecule has 0 unspecified atom stereocenters. The zero-order valence-corrected chi connectivity index (χ0v) is 12.0. The molecule has 0 aliphatic heterocycles. The highest BCUT2D eigenvalue weighted by molar-refractivity contribution is 7.98. The van der Waals surface area contributed by atoms with Gasteiger partial charge in [0.25, 0.3) is 0 Å². The number of aryl methyl sites for hydroxylation is 1. The Morgan fingerprint density at radius 3 is 2.75 bits per heavy atom. The molecule has 0 amide bonds. The van der Waals surface area contributed by atoms with Crippen LogP contribution in [0.4, 0.5) is 11.5 Å². The summed E-state index contributed by atoms with van der Waals surface area (Å²) in [7, 11) is 1.60. The van der Waals surface area contributed by atoms with Gasteiger partial charge in [-0.05, 0) is 18.1 Å². The van der Waals surface area contributed by atoms with E-state index in [9.17, 15) is 10.1 Å². The van der Waals surface area contributed by atoms with E-state index in [-0.39, 0.29) is 11.5 Å². The maximum Gasteiger partial charge on any atom is 0.343 e. The van der Waals surface area contributed by atoms with Crippen molar-refractivity contribution >= 4 is 23.3 Å². The van der Waals surface area contributed by atoms with Gasteiger partial charge in [0.2, 0.25) is 5.82 Å². The zero-order chi connectivity index (χ0) is 14.5. The summed E-state index contributed by atoms with van der Waals surface area (Å²) in [6.07, 6.45) is 1.33. The van der Waals surface area contributed by atoms with Crippen molar-refractivity contribution < 1.29 is 4.92 Å². The van der Waals surface area contributed by atoms with Crippen LogP contribution in [0.25, 0.3) is 0 Å². The summed E-state index contributed by atoms with van der Waals surface area (Å²) in [5.74, 6) is 0.866. The third-order valence-corrected chi connectivity index (χ3v) is 3.86. The summed E-state index contributed by atoms with van der Waals surface area (Å²) in [5.41, 5.74) is 2.22. The SMILES string of the molecule is CNc1ncnc(SCc2ccccc2C)c1[N+](=O)[O-]. The minimum Gasteiger partial charge on any atom is -0.367 e. The molecule has 0 aliphatic rings. The lowest BCUT2D eigenvalue weighted by molar-refractivity contribution is -0.387. The molecular weight excluding hydrogens is 276 g/mol. The van der Waals surface area contributed by atoms with Gasteiger partial charge in [-0.15, -0.1) is 0 Å². The first-order chi connectivity index (χ1) is 9.63. The van der Waals surface area contributed by atoms with E-state index in [1.54, 1.807) is 7.05 Å². The molecule has 0 spiro atoms. The van der Waals surface area contributed by atoms with Crippen molar-refractivity contribution in [2.24, 2.45) is 0 Å². The first-order valence-electron chi connectivity index (χ1n) is 5.98. The Morgan fingerprint density at radius 2 is 2.10 bits per heavy atom. The van der Waals surface area contributed by atoms with E-state index in [0.29, 0.717) is 10.8 Å². The molecule has 20 heavy (non-hydrogen) atoms. The Hall–Kier alpha value is -2.15. The molecule has 2 aromatic rings. The van der Waals surface area contributed by atoms with Crippen molar-refractivity contribution in [1.29, 1.82) is 0 Å². The van der Waals surface area contributed by atoms with Crippen LogP contribution in [0, 0.1) is 17.0 Å². The minimum atomic E-state index is -0.452. The van der Waals surface area contributed by atoms with Crippen molar-refractivity contribution in [2.45, 2.75) is 17.7 Å². The zero-order valence-electron chi connectivity index (χ0n) is 11.2. The number of nitrogens with zero attached hydrogens (tertiary/aromatic N) is 3. The van der Waals surface area contributed by atoms with Gasteiger partial charge in [0.05, 0.1) is 4.92 Å². The molecule has 1 N–H and O–H groups in total. The first kappa shape index (κ1) is 14.3. The molecule has 0 aliphatic carbocycles. The second-order valence-corrected chi connectivity index (χ2v) is 5.06. The smallest absolute Gasteiger partial charge is 0.343 e. The second kappa shape index (κ2) is 6.33. The fourth-order valence-electron chi connectivity index (χ4n) is 1.73. The first-order valence-corrected chi connectivity index (χ1v) is 6.96. The fourth-order valence-corrected chi connectivity index (χ4v) is 2.78. The molecule has 0 fully saturated rings. The largest absolute Gasteiger partial charge is 0.367 e. The highest BCUT2D eigenvalue weighted by Gasteiger charge is 2.22. The molecule has 7 heteroatoms. The molecule has 2 rings (SSSR count). The molecule has 0 atom stereocenters. The summed E-state index contributed by atoms with van der Waals surface area (Å²) in [6.45, 7) is 2.02. The molecule has 1 aromatic carbocycles. The lowest BCUT2D eigenvalue weighted by atomic mass is 10.1. The highest BCUT2D eigenvalue weighted by atomic mass is 32.2. The van der Waals surface area contributed by atoms with E-state index in [1.165, 1.54) is 18.1 Å². The van der Waals surface area contributed by atoms with Gasteiger partial charge in [-0.2, -0.15) is 0 Å². The number of rotatable bonds is 5. The van der Waals surface area contributed by atoms with Crippen molar-refractivity contribution in [2.75, 3.05) is 12.4 Å². The Balaban J connectivity index is 2.26. The minimum absolute atomic E-state index is 0.0754. The summed E-state index contributed by atoms with van der Waals surface area (Å²) in [5, 5.41) is 14.2. The van der Waals surface area contributed by atoms with Gasteiger partial charge in [-0.3, -0.25) is 10.1 Å². The number of benzene rings is 1. The van der Waals surface area contributed by atoms with Gasteiger partial charge >= 0.3 is 5.69 Å². The summed E-state index contributed by atoms with van der Waals surface area (Å²) in [6, 6.07) is 7.95. The van der Waals surface area contributed by atoms with E-state index in [1.807, 2.05) is 31.2 Å². The Kier molecular flexibility index (Phi) is 4.52. The van der Waals surface area contributed by atoms with Crippen molar-refractivity contribution in [3.8, 4) is 0 Å². The van der Waals surface area contributed by atoms with E-state index in [2.05, 4.69) is 15.3 Å². The van der Waals surface area contributed by atoms with Crippen molar-refractivity contribution in [3.05, 3.63) is 51.8 Å². The molecule has 1 heterocycles. The van der Waals surface area contributed by atoms with Gasteiger partial charge in [0.15, 0.2) is 5.03 Å². The number of hydrogen-bond acceptors (Lipinski definition) is 6. The monoisotopic (exact) mass is 290 g/mol. The van der Waals surface area contributed by atoms with Gasteiger partial charge in [-0.1, -0.05) is 36.0 Å². The van der Waals surface area contributed by atoms with Crippen molar-refractivity contribution in [3.63, 3.8) is 0 Å². The van der Waals surface area contributed by atoms with E-state index >= 15 is 0 Å². The lowest BCUT2D eigenvalue weighted by Crippen LogP contribution is -2.02. The average molecular weight is 290 g/mol. The summed E-state index contributed by atoms with van der Waals surface area (Å²) < 4.78 is 0. The molecular formula is C13H14N4O2S. The van der Waals surface area contributed by atoms with E-state index in [4.69, 9.17) is 0 Å². The quantitative estimate of drug-likeness (QED) is 0.394. The van der Waals surface area contributed by atoms with Gasteiger partial charge in [0, 0.05) is 12.8 Å². The van der Waals surface area contributed by atoms with Crippen molar-refractivity contribution in [1.82, 2.24) is 9.97 Å². The molecule has 0 radical (unpaired) electrons. The van der Waals surface area contributed by atoms with Crippen LogP contribution in [0.3, 0.4) is 0 Å². The molecule has 6 nitrogen and oxygen atoms in total. The fraction of sp³-hybridized carbons (Fsp3) is 0.231. The Labute approximate surface area is 120 Å². The van der Waals surface area contributed by atoms with E-state index < -0.39 is 4.92 Å². The predicted molar refractivity (Wildman–Crippen MR) is 79.0 cm³/mol. The topological polar surface area (TPSA) is 81.0 Å². The predicted octanol–water partition coefficient (Wildman–Crippen LogP) is 3.03. The van der Waals surface area contributed by atoms with Crippen LogP contribution in [0.1, 0.15) is 11.1 Å². The molecule has 0 saturated carbocycles. The standard InChI is InChI=1S/C13H14N4O2S/c1-9-5-3-4-6-10(9)7-20-13-11(17(18)19)12(14-2)15-8-16-13/h3-6,8H,7H2,1-2H3,(H,14,15,16). The molecule has 1 aromatic heterocycles. The number of hydrogen-bond donors (Lipinski definition) is 1. The number of nitro groups is 1. The van der Waals surface area contributed by atoms with Crippen LogP contribution in [0.15, 0.2) is 35.6 Å². The maximum atomic E-state index is 11.2. The third-order valence-electron chi connectivity index (χ3n) is 2.83. The van der Waals surface area contributed by atoms with Gasteiger partial charge in [-0.25, -0.2) is 9.97 Å². The number of thioether (sulfide) groups is 1. The van der Waals surface area contributed by atoms with Crippen LogP contribution >= 0.6 is 11.8 Å². The normalized spacial score (nSPS) is 10.3. The molecule has 0 saturated heterocycles. The number of anilines is 1. The molecule has 104 valence electrons. The van der Waals surface area contributed by atoms with Crippen LogP contribution in [-0.4, -0.2) is 21.9 Å². The Bertz CT molecular complexity index is 634. The highest BCUT2D eigenvalue weighted by Crippen LogP contribution is 2.33. The van der Waals surface area contributed by atoms with Gasteiger partial charge < -0.3 is 5.32 Å². The van der Waals surface area contributed by atoms with Gasteiger partial charge in [0.1, 0.15) is 6.33 Å². The van der Waals surface area contributed by atoms with Crippen LogP contribution < -0.4 is 5.32 Å². The van der Waals surface area contributed by atoms with Crippen LogP contribution in [0.5, 0.6) is 0 Å². The number of aromatic nitrogens is 2. The lowest BCUT2D eigenvalue weighted by Gasteiger charge is -2.07. The average Bonchev–Trinajstić information content (AvgIpc) is 2.45. The summed E-state index contributed by atoms with van der Waals surface area (Å²) in [4.78, 5) is 18.6. The Morgan fingerprint density at radius 1 is 1.35 bits per heavy atom. The third kappa shape index (κ3) is 3.05. The van der Waals surface area contributed by atoms with Crippen LogP contribution in [-0.2, 0) is 5.75 Å². The molecule has 0 bridgehead atoms. The maximum absolute atomic E-state index is 11.2. The number of nitrogens with one attached hydrogen (secondary N) is 1. The second-order valence-electron chi connectivity index (χ2n) is 4.10. The van der Waals surface area contributed by atoms with E-state index in [0.717, 1.165) is 11.1 Å².